The van der Waals surface area contributed by atoms with Crippen molar-refractivity contribution in [2.45, 2.75) is 25.8 Å². The van der Waals surface area contributed by atoms with Crippen LogP contribution in [0.25, 0.3) is 0 Å². The van der Waals surface area contributed by atoms with Crippen LogP contribution in [0.4, 0.5) is 0 Å². The smallest absolute Gasteiger partial charge is 0.273 e. The van der Waals surface area contributed by atoms with Gasteiger partial charge in [-0.1, -0.05) is 11.3 Å². The average molecular weight is 256 g/mol. The van der Waals surface area contributed by atoms with E-state index in [1.54, 1.807) is 18.4 Å². The van der Waals surface area contributed by atoms with Gasteiger partial charge in [0, 0.05) is 30.8 Å². The number of hydrogen-bond acceptors (Lipinski definition) is 5. The Bertz CT molecular complexity index is 324. The first-order valence-electron chi connectivity index (χ1n) is 6.15. The molecule has 1 aromatic rings. The Balaban J connectivity index is 1.59. The summed E-state index contributed by atoms with van der Waals surface area (Å²) in [7, 11) is 1.65. The fourth-order valence-electron chi connectivity index (χ4n) is 2.02. The molecule has 0 aromatic carbocycles. The summed E-state index contributed by atoms with van der Waals surface area (Å²) in [6.07, 6.45) is 5.57. The molecule has 1 N–H and O–H groups in total. The maximum absolute atomic E-state index is 5.35. The zero-order valence-electron chi connectivity index (χ0n) is 10.3. The van der Waals surface area contributed by atoms with Gasteiger partial charge >= 0.3 is 0 Å². The molecule has 17 heavy (non-hydrogen) atoms. The molecule has 0 bridgehead atoms. The molecule has 1 aliphatic heterocycles. The number of aromatic nitrogens is 1. The molecule has 1 aliphatic rings. The SMILES string of the molecule is COc1ncc(CNCCC2CCOCC2)s1. The molecule has 2 heterocycles. The molecular weight excluding hydrogens is 236 g/mol. The van der Waals surface area contributed by atoms with E-state index in [0.717, 1.165) is 37.4 Å². The molecule has 0 spiro atoms. The molecule has 0 saturated carbocycles. The Morgan fingerprint density at radius 2 is 2.35 bits per heavy atom. The first kappa shape index (κ1) is 12.8. The Labute approximate surface area is 106 Å². The molecule has 5 heteroatoms. The van der Waals surface area contributed by atoms with E-state index < -0.39 is 0 Å². The topological polar surface area (TPSA) is 43.4 Å². The second-order valence-corrected chi connectivity index (χ2v) is 5.40. The molecule has 4 nitrogen and oxygen atoms in total. The van der Waals surface area contributed by atoms with Gasteiger partial charge in [0.25, 0.3) is 5.19 Å². The van der Waals surface area contributed by atoms with Crippen molar-refractivity contribution in [1.29, 1.82) is 0 Å². The van der Waals surface area contributed by atoms with Crippen molar-refractivity contribution in [3.8, 4) is 5.19 Å². The lowest BCUT2D eigenvalue weighted by Crippen LogP contribution is -2.21. The number of thiazole rings is 1. The van der Waals surface area contributed by atoms with Gasteiger partial charge in [0.15, 0.2) is 0 Å². The summed E-state index contributed by atoms with van der Waals surface area (Å²) in [5, 5.41) is 4.20. The predicted molar refractivity (Wildman–Crippen MR) is 68.5 cm³/mol. The maximum atomic E-state index is 5.35. The number of hydrogen-bond donors (Lipinski definition) is 1. The summed E-state index contributed by atoms with van der Waals surface area (Å²) in [5.41, 5.74) is 0. The van der Waals surface area contributed by atoms with E-state index in [-0.39, 0.29) is 0 Å². The fraction of sp³-hybridized carbons (Fsp3) is 0.750. The molecule has 1 fully saturated rings. The van der Waals surface area contributed by atoms with Crippen LogP contribution in [0.2, 0.25) is 0 Å². The molecule has 1 aromatic heterocycles. The molecule has 0 unspecified atom stereocenters. The summed E-state index contributed by atoms with van der Waals surface area (Å²) in [6.45, 7) is 3.85. The van der Waals surface area contributed by atoms with Crippen LogP contribution in [0.1, 0.15) is 24.1 Å². The molecule has 0 atom stereocenters. The van der Waals surface area contributed by atoms with Crippen LogP contribution in [0.3, 0.4) is 0 Å². The van der Waals surface area contributed by atoms with Crippen molar-refractivity contribution in [2.24, 2.45) is 5.92 Å². The maximum Gasteiger partial charge on any atom is 0.273 e. The van der Waals surface area contributed by atoms with Crippen LogP contribution >= 0.6 is 11.3 Å². The van der Waals surface area contributed by atoms with Gasteiger partial charge < -0.3 is 14.8 Å². The highest BCUT2D eigenvalue weighted by Crippen LogP contribution is 2.20. The third-order valence-corrected chi connectivity index (χ3v) is 4.04. The van der Waals surface area contributed by atoms with E-state index in [9.17, 15) is 0 Å². The molecule has 96 valence electrons. The van der Waals surface area contributed by atoms with Crippen molar-refractivity contribution in [3.63, 3.8) is 0 Å². The summed E-state index contributed by atoms with van der Waals surface area (Å²) < 4.78 is 10.4. The highest BCUT2D eigenvalue weighted by molar-refractivity contribution is 7.13. The van der Waals surface area contributed by atoms with E-state index in [2.05, 4.69) is 10.3 Å². The van der Waals surface area contributed by atoms with Gasteiger partial charge in [-0.3, -0.25) is 0 Å². The van der Waals surface area contributed by atoms with Crippen LogP contribution in [-0.4, -0.2) is 31.9 Å². The monoisotopic (exact) mass is 256 g/mol. The van der Waals surface area contributed by atoms with Crippen molar-refractivity contribution in [1.82, 2.24) is 10.3 Å². The highest BCUT2D eigenvalue weighted by Gasteiger charge is 2.12. The average Bonchev–Trinajstić information content (AvgIpc) is 2.84. The second kappa shape index (κ2) is 6.93. The molecule has 0 aliphatic carbocycles. The molecular formula is C12H20N2O2S. The fourth-order valence-corrected chi connectivity index (χ4v) is 2.71. The van der Waals surface area contributed by atoms with Crippen LogP contribution in [0.15, 0.2) is 6.20 Å². The Morgan fingerprint density at radius 3 is 3.06 bits per heavy atom. The van der Waals surface area contributed by atoms with Crippen LogP contribution in [0.5, 0.6) is 5.19 Å². The molecule has 0 amide bonds. The van der Waals surface area contributed by atoms with Gasteiger partial charge in [0.1, 0.15) is 0 Å². The lowest BCUT2D eigenvalue weighted by atomic mass is 9.97. The third kappa shape index (κ3) is 4.26. The largest absolute Gasteiger partial charge is 0.473 e. The predicted octanol–water partition coefficient (Wildman–Crippen LogP) is 2.06. The minimum Gasteiger partial charge on any atom is -0.473 e. The minimum atomic E-state index is 0.742. The number of rotatable bonds is 6. The van der Waals surface area contributed by atoms with Gasteiger partial charge in [-0.15, -0.1) is 0 Å². The summed E-state index contributed by atoms with van der Waals surface area (Å²) in [6, 6.07) is 0. The standard InChI is InChI=1S/C12H20N2O2S/c1-15-12-14-9-11(17-12)8-13-5-2-10-3-6-16-7-4-10/h9-10,13H,2-8H2,1H3. The Kier molecular flexibility index (Phi) is 5.22. The van der Waals surface area contributed by atoms with E-state index in [0.29, 0.717) is 0 Å². The van der Waals surface area contributed by atoms with Crippen molar-refractivity contribution in [3.05, 3.63) is 11.1 Å². The van der Waals surface area contributed by atoms with Crippen LogP contribution < -0.4 is 10.1 Å². The molecule has 1 saturated heterocycles. The molecule has 0 radical (unpaired) electrons. The Hall–Kier alpha value is -0.650. The van der Waals surface area contributed by atoms with E-state index in [4.69, 9.17) is 9.47 Å². The van der Waals surface area contributed by atoms with Crippen molar-refractivity contribution >= 4 is 11.3 Å². The van der Waals surface area contributed by atoms with Crippen molar-refractivity contribution in [2.75, 3.05) is 26.9 Å². The van der Waals surface area contributed by atoms with Gasteiger partial charge in [0.05, 0.1) is 7.11 Å². The first-order chi connectivity index (χ1) is 8.38. The number of nitrogens with zero attached hydrogens (tertiary/aromatic N) is 1. The van der Waals surface area contributed by atoms with Crippen LogP contribution in [-0.2, 0) is 11.3 Å². The van der Waals surface area contributed by atoms with E-state index in [1.165, 1.54) is 24.1 Å². The lowest BCUT2D eigenvalue weighted by Gasteiger charge is -2.21. The lowest BCUT2D eigenvalue weighted by molar-refractivity contribution is 0.0639. The quantitative estimate of drug-likeness (QED) is 0.791. The second-order valence-electron chi connectivity index (χ2n) is 4.32. The zero-order chi connectivity index (χ0) is 11.9. The van der Waals surface area contributed by atoms with E-state index in [1.807, 2.05) is 6.20 Å². The van der Waals surface area contributed by atoms with Gasteiger partial charge in [-0.05, 0) is 31.7 Å². The number of ether oxygens (including phenoxy) is 2. The highest BCUT2D eigenvalue weighted by atomic mass is 32.1. The Morgan fingerprint density at radius 1 is 1.53 bits per heavy atom. The van der Waals surface area contributed by atoms with Gasteiger partial charge in [-0.2, -0.15) is 0 Å². The minimum absolute atomic E-state index is 0.742. The molecule has 2 rings (SSSR count). The number of methoxy groups -OCH3 is 1. The summed E-state index contributed by atoms with van der Waals surface area (Å²) in [4.78, 5) is 5.37. The zero-order valence-corrected chi connectivity index (χ0v) is 11.1. The van der Waals surface area contributed by atoms with Gasteiger partial charge in [-0.25, -0.2) is 4.98 Å². The summed E-state index contributed by atoms with van der Waals surface area (Å²) in [5.74, 6) is 0.840. The van der Waals surface area contributed by atoms with Gasteiger partial charge in [0.2, 0.25) is 0 Å². The summed E-state index contributed by atoms with van der Waals surface area (Å²) >= 11 is 1.60. The third-order valence-electron chi connectivity index (χ3n) is 3.08. The van der Waals surface area contributed by atoms with Crippen molar-refractivity contribution < 1.29 is 9.47 Å². The normalized spacial score (nSPS) is 17.2. The first-order valence-corrected chi connectivity index (χ1v) is 6.97. The van der Waals surface area contributed by atoms with E-state index >= 15 is 0 Å². The number of nitrogens with one attached hydrogen (secondary N) is 1. The van der Waals surface area contributed by atoms with Crippen LogP contribution in [0, 0.1) is 5.92 Å².